The number of hydrogen-bond acceptors (Lipinski definition) is 4. The van der Waals surface area contributed by atoms with Gasteiger partial charge in [-0.05, 0) is 43.3 Å². The van der Waals surface area contributed by atoms with Gasteiger partial charge in [-0.2, -0.15) is 5.26 Å². The zero-order valence-electron chi connectivity index (χ0n) is 13.8. The van der Waals surface area contributed by atoms with E-state index < -0.39 is 9.84 Å². The molecule has 0 aliphatic heterocycles. The smallest absolute Gasteiger partial charge is 0.216 e. The normalized spacial score (nSPS) is 12.1. The lowest BCUT2D eigenvalue weighted by atomic mass is 10.1. The topological polar surface area (TPSA) is 82.9 Å². The van der Waals surface area contributed by atoms with Crippen LogP contribution in [0.1, 0.15) is 11.3 Å². The number of nitrogens with zero attached hydrogens (tertiary/aromatic N) is 1. The molecular weight excluding hydrogens is 336 g/mol. The fourth-order valence-corrected chi connectivity index (χ4v) is 3.81. The molecule has 0 aliphatic rings. The number of hydrogen-bond donors (Lipinski definition) is 1. The predicted molar refractivity (Wildman–Crippen MR) is 96.8 cm³/mol. The minimum atomic E-state index is -3.91. The summed E-state index contributed by atoms with van der Waals surface area (Å²) in [5.41, 5.74) is 2.40. The van der Waals surface area contributed by atoms with Crippen LogP contribution in [0.5, 0.6) is 5.75 Å². The van der Waals surface area contributed by atoms with Gasteiger partial charge in [0.2, 0.25) is 9.84 Å². The van der Waals surface area contributed by atoms with Gasteiger partial charge in [0.25, 0.3) is 0 Å². The summed E-state index contributed by atoms with van der Waals surface area (Å²) in [5, 5.41) is 10.3. The Balaban J connectivity index is 2.13. The second-order valence-corrected chi connectivity index (χ2v) is 7.43. The molecule has 1 heterocycles. The van der Waals surface area contributed by atoms with Gasteiger partial charge in [0.15, 0.2) is 0 Å². The zero-order valence-corrected chi connectivity index (χ0v) is 14.6. The highest BCUT2D eigenvalue weighted by Gasteiger charge is 2.22. The van der Waals surface area contributed by atoms with Crippen molar-refractivity contribution in [2.45, 2.75) is 11.8 Å². The summed E-state index contributed by atoms with van der Waals surface area (Å²) in [6, 6.07) is 15.4. The van der Waals surface area contributed by atoms with Crippen molar-refractivity contribution in [3.63, 3.8) is 0 Å². The number of rotatable bonds is 4. The first kappa shape index (κ1) is 16.8. The number of aromatic nitrogens is 1. The van der Waals surface area contributed by atoms with Crippen LogP contribution in [0.3, 0.4) is 0 Å². The van der Waals surface area contributed by atoms with E-state index in [0.29, 0.717) is 11.3 Å². The molecule has 0 atom stereocenters. The number of sulfone groups is 1. The van der Waals surface area contributed by atoms with Gasteiger partial charge in [0.1, 0.15) is 16.7 Å². The van der Waals surface area contributed by atoms with Crippen LogP contribution in [0.2, 0.25) is 0 Å². The Morgan fingerprint density at radius 3 is 2.48 bits per heavy atom. The van der Waals surface area contributed by atoms with Crippen LogP contribution in [-0.4, -0.2) is 20.5 Å². The van der Waals surface area contributed by atoms with E-state index in [2.05, 4.69) is 4.98 Å². The molecule has 25 heavy (non-hydrogen) atoms. The number of para-hydroxylation sites is 1. The maximum Gasteiger partial charge on any atom is 0.216 e. The lowest BCUT2D eigenvalue weighted by Crippen LogP contribution is -2.03. The molecule has 126 valence electrons. The van der Waals surface area contributed by atoms with Crippen LogP contribution in [0, 0.1) is 18.3 Å². The summed E-state index contributed by atoms with van der Waals surface area (Å²) in [4.78, 5) is 2.95. The maximum absolute atomic E-state index is 12.8. The first-order valence-corrected chi connectivity index (χ1v) is 9.04. The molecule has 0 saturated carbocycles. The van der Waals surface area contributed by atoms with E-state index >= 15 is 0 Å². The SMILES string of the molecule is COc1ccc(S(=O)(=O)/C(C#N)=C/c2c(C)[nH]c3ccccc23)cc1. The summed E-state index contributed by atoms with van der Waals surface area (Å²) < 4.78 is 30.6. The van der Waals surface area contributed by atoms with Gasteiger partial charge in [0, 0.05) is 22.2 Å². The standard InChI is InChI=1S/C19H16N2O3S/c1-13-18(17-5-3-4-6-19(17)21-13)11-16(12-20)25(22,23)15-9-7-14(24-2)8-10-15/h3-11,21H,1-2H3/b16-11+. The summed E-state index contributed by atoms with van der Waals surface area (Å²) in [5.74, 6) is 0.550. The van der Waals surface area contributed by atoms with Crippen LogP contribution in [0.4, 0.5) is 0 Å². The summed E-state index contributed by atoms with van der Waals surface area (Å²) in [7, 11) is -2.40. The number of benzene rings is 2. The average molecular weight is 352 g/mol. The summed E-state index contributed by atoms with van der Waals surface area (Å²) >= 11 is 0. The quantitative estimate of drug-likeness (QED) is 0.724. The van der Waals surface area contributed by atoms with E-state index in [1.54, 1.807) is 12.1 Å². The fraction of sp³-hybridized carbons (Fsp3) is 0.105. The number of aromatic amines is 1. The third-order valence-corrected chi connectivity index (χ3v) is 5.67. The van der Waals surface area contributed by atoms with Gasteiger partial charge in [0.05, 0.1) is 12.0 Å². The van der Waals surface area contributed by atoms with E-state index in [0.717, 1.165) is 16.6 Å². The van der Waals surface area contributed by atoms with Crippen molar-refractivity contribution >= 4 is 26.8 Å². The molecule has 0 amide bonds. The van der Waals surface area contributed by atoms with Crippen LogP contribution in [0.15, 0.2) is 58.3 Å². The zero-order chi connectivity index (χ0) is 18.0. The van der Waals surface area contributed by atoms with Crippen molar-refractivity contribution < 1.29 is 13.2 Å². The molecule has 0 radical (unpaired) electrons. The first-order chi connectivity index (χ1) is 12.0. The molecule has 0 spiro atoms. The molecule has 3 aromatic rings. The van der Waals surface area contributed by atoms with Gasteiger partial charge in [-0.15, -0.1) is 0 Å². The Morgan fingerprint density at radius 1 is 1.16 bits per heavy atom. The van der Waals surface area contributed by atoms with Crippen molar-refractivity contribution in [1.29, 1.82) is 5.26 Å². The highest BCUT2D eigenvalue weighted by Crippen LogP contribution is 2.28. The molecule has 0 saturated heterocycles. The molecule has 0 fully saturated rings. The van der Waals surface area contributed by atoms with Crippen molar-refractivity contribution in [2.24, 2.45) is 0 Å². The fourth-order valence-electron chi connectivity index (χ4n) is 2.67. The highest BCUT2D eigenvalue weighted by atomic mass is 32.2. The largest absolute Gasteiger partial charge is 0.497 e. The number of aryl methyl sites for hydroxylation is 1. The van der Waals surface area contributed by atoms with Gasteiger partial charge in [-0.3, -0.25) is 0 Å². The summed E-state index contributed by atoms with van der Waals surface area (Å²) in [6.45, 7) is 1.85. The molecule has 6 heteroatoms. The number of nitrogens with one attached hydrogen (secondary N) is 1. The molecule has 3 rings (SSSR count). The Kier molecular flexibility index (Phi) is 4.34. The monoisotopic (exact) mass is 352 g/mol. The maximum atomic E-state index is 12.8. The van der Waals surface area contributed by atoms with E-state index in [4.69, 9.17) is 4.74 Å². The van der Waals surface area contributed by atoms with E-state index in [9.17, 15) is 13.7 Å². The number of H-pyrrole nitrogens is 1. The third-order valence-electron chi connectivity index (χ3n) is 3.99. The van der Waals surface area contributed by atoms with Gasteiger partial charge >= 0.3 is 0 Å². The lowest BCUT2D eigenvalue weighted by molar-refractivity contribution is 0.414. The van der Waals surface area contributed by atoms with Crippen LogP contribution in [-0.2, 0) is 9.84 Å². The minimum absolute atomic E-state index is 0.0543. The number of ether oxygens (including phenoxy) is 1. The predicted octanol–water partition coefficient (Wildman–Crippen LogP) is 3.82. The van der Waals surface area contributed by atoms with Crippen molar-refractivity contribution in [2.75, 3.05) is 7.11 Å². The first-order valence-electron chi connectivity index (χ1n) is 7.55. The number of allylic oxidation sites excluding steroid dienone is 1. The molecule has 1 aromatic heterocycles. The third kappa shape index (κ3) is 3.02. The van der Waals surface area contributed by atoms with Crippen LogP contribution in [0.25, 0.3) is 17.0 Å². The van der Waals surface area contributed by atoms with Gasteiger partial charge in [-0.1, -0.05) is 18.2 Å². The second kappa shape index (κ2) is 6.46. The molecule has 2 aromatic carbocycles. The van der Waals surface area contributed by atoms with E-state index in [1.807, 2.05) is 37.3 Å². The molecule has 0 bridgehead atoms. The van der Waals surface area contributed by atoms with E-state index in [-0.39, 0.29) is 9.80 Å². The molecule has 0 aliphatic carbocycles. The Morgan fingerprint density at radius 2 is 1.84 bits per heavy atom. The molecule has 1 N–H and O–H groups in total. The van der Waals surface area contributed by atoms with Crippen molar-refractivity contribution in [3.05, 3.63) is 64.7 Å². The lowest BCUT2D eigenvalue weighted by Gasteiger charge is -2.05. The van der Waals surface area contributed by atoms with Crippen molar-refractivity contribution in [3.8, 4) is 11.8 Å². The Hall–Kier alpha value is -3.04. The minimum Gasteiger partial charge on any atom is -0.497 e. The average Bonchev–Trinajstić information content (AvgIpc) is 2.94. The number of methoxy groups -OCH3 is 1. The van der Waals surface area contributed by atoms with Crippen molar-refractivity contribution in [1.82, 2.24) is 4.98 Å². The second-order valence-electron chi connectivity index (χ2n) is 5.51. The highest BCUT2D eigenvalue weighted by molar-refractivity contribution is 7.95. The van der Waals surface area contributed by atoms with E-state index in [1.165, 1.54) is 25.3 Å². The molecule has 5 nitrogen and oxygen atoms in total. The van der Waals surface area contributed by atoms with Gasteiger partial charge < -0.3 is 9.72 Å². The Labute approximate surface area is 146 Å². The van der Waals surface area contributed by atoms with Crippen LogP contribution < -0.4 is 4.74 Å². The van der Waals surface area contributed by atoms with Gasteiger partial charge in [-0.25, -0.2) is 8.42 Å². The van der Waals surface area contributed by atoms with Crippen LogP contribution >= 0.6 is 0 Å². The number of nitriles is 1. The molecular formula is C19H16N2O3S. The summed E-state index contributed by atoms with van der Waals surface area (Å²) in [6.07, 6.45) is 1.42. The molecule has 0 unspecified atom stereocenters. The number of fused-ring (bicyclic) bond motifs is 1. The Bertz CT molecular complexity index is 1100.